The number of aryl methyl sites for hydroxylation is 1. The number of rotatable bonds is 3. The number of carbonyl (C=O) groups excluding carboxylic acids is 2. The first-order valence-corrected chi connectivity index (χ1v) is 4.96. The topological polar surface area (TPSA) is 46.2 Å². The lowest BCUT2D eigenvalue weighted by molar-refractivity contribution is -0.123. The lowest BCUT2D eigenvalue weighted by Gasteiger charge is -2.07. The Bertz CT molecular complexity index is 373. The van der Waals surface area contributed by atoms with Crippen LogP contribution >= 0.6 is 11.6 Å². The molecular weight excluding hydrogens is 214 g/mol. The van der Waals surface area contributed by atoms with Gasteiger partial charge in [-0.15, -0.1) is 11.6 Å². The lowest BCUT2D eigenvalue weighted by atomic mass is 10.2. The van der Waals surface area contributed by atoms with Crippen LogP contribution in [0.3, 0.4) is 0 Å². The fourth-order valence-corrected chi connectivity index (χ4v) is 1.08. The zero-order chi connectivity index (χ0) is 11.4. The number of amides is 1. The molecule has 15 heavy (non-hydrogen) atoms. The molecule has 0 aliphatic rings. The molecule has 0 fully saturated rings. The number of anilines is 1. The van der Waals surface area contributed by atoms with Gasteiger partial charge in [0.2, 0.25) is 5.91 Å². The van der Waals surface area contributed by atoms with Crippen LogP contribution in [0.1, 0.15) is 12.5 Å². The smallest absolute Gasteiger partial charge is 0.250 e. The molecule has 1 amide bonds. The first-order valence-electron chi connectivity index (χ1n) is 4.53. The van der Waals surface area contributed by atoms with Crippen LogP contribution in [-0.4, -0.2) is 17.1 Å². The number of halogens is 1. The largest absolute Gasteiger partial charge is 0.324 e. The van der Waals surface area contributed by atoms with Crippen LogP contribution in [0.15, 0.2) is 24.3 Å². The number of hydrogen-bond donors (Lipinski definition) is 1. The molecule has 0 aliphatic heterocycles. The van der Waals surface area contributed by atoms with E-state index in [0.29, 0.717) is 5.69 Å². The van der Waals surface area contributed by atoms with Crippen molar-refractivity contribution in [1.29, 1.82) is 0 Å². The van der Waals surface area contributed by atoms with Gasteiger partial charge in [0.1, 0.15) is 0 Å². The summed E-state index contributed by atoms with van der Waals surface area (Å²) in [5, 5.41) is 1.44. The van der Waals surface area contributed by atoms with Gasteiger partial charge in [-0.05, 0) is 26.0 Å². The number of hydrogen-bond acceptors (Lipinski definition) is 2. The number of alkyl halides is 1. The molecule has 0 radical (unpaired) electrons. The van der Waals surface area contributed by atoms with Gasteiger partial charge in [-0.2, -0.15) is 0 Å². The Morgan fingerprint density at radius 2 is 1.80 bits per heavy atom. The highest BCUT2D eigenvalue weighted by Crippen LogP contribution is 2.10. The third-order valence-electron chi connectivity index (χ3n) is 1.91. The molecular formula is C11H12ClNO2. The quantitative estimate of drug-likeness (QED) is 0.633. The molecule has 0 heterocycles. The molecule has 80 valence electrons. The second-order valence-corrected chi connectivity index (χ2v) is 3.76. The maximum absolute atomic E-state index is 11.4. The van der Waals surface area contributed by atoms with E-state index in [2.05, 4.69) is 5.32 Å². The molecule has 0 saturated carbocycles. The monoisotopic (exact) mass is 225 g/mol. The first-order chi connectivity index (χ1) is 7.00. The van der Waals surface area contributed by atoms with Crippen LogP contribution < -0.4 is 5.32 Å². The normalized spacial score (nSPS) is 11.9. The summed E-state index contributed by atoms with van der Waals surface area (Å²) in [4.78, 5) is 22.2. The molecule has 0 saturated heterocycles. The molecule has 0 aliphatic carbocycles. The molecule has 3 nitrogen and oxygen atoms in total. The number of ketones is 1. The van der Waals surface area contributed by atoms with E-state index in [1.165, 1.54) is 6.92 Å². The average molecular weight is 226 g/mol. The van der Waals surface area contributed by atoms with E-state index in [0.717, 1.165) is 5.56 Å². The summed E-state index contributed by atoms with van der Waals surface area (Å²) in [6.45, 7) is 3.23. The molecule has 1 rings (SSSR count). The highest BCUT2D eigenvalue weighted by Gasteiger charge is 2.19. The number of carbonyl (C=O) groups is 2. The van der Waals surface area contributed by atoms with Crippen molar-refractivity contribution in [2.24, 2.45) is 0 Å². The zero-order valence-electron chi connectivity index (χ0n) is 8.58. The predicted molar refractivity (Wildman–Crippen MR) is 60.1 cm³/mol. The van der Waals surface area contributed by atoms with E-state index in [9.17, 15) is 9.59 Å². The van der Waals surface area contributed by atoms with Crippen molar-refractivity contribution in [2.45, 2.75) is 19.2 Å². The van der Waals surface area contributed by atoms with Crippen molar-refractivity contribution < 1.29 is 9.59 Å². The molecule has 1 aromatic carbocycles. The van der Waals surface area contributed by atoms with Crippen molar-refractivity contribution >= 4 is 29.0 Å². The standard InChI is InChI=1S/C11H12ClNO2/c1-7-3-5-9(6-4-7)13-11(15)10(12)8(2)14/h3-6,10H,1-2H3,(H,13,15). The Hall–Kier alpha value is -1.35. The summed E-state index contributed by atoms with van der Waals surface area (Å²) in [5.41, 5.74) is 1.74. The molecule has 0 aromatic heterocycles. The van der Waals surface area contributed by atoms with Crippen LogP contribution in [0.4, 0.5) is 5.69 Å². The molecule has 1 N–H and O–H groups in total. The Morgan fingerprint density at radius 1 is 1.27 bits per heavy atom. The summed E-state index contributed by atoms with van der Waals surface area (Å²) in [7, 11) is 0. The van der Waals surface area contributed by atoms with Crippen LogP contribution in [0.5, 0.6) is 0 Å². The van der Waals surface area contributed by atoms with Crippen LogP contribution in [0.2, 0.25) is 0 Å². The Kier molecular flexibility index (Phi) is 3.86. The Balaban J connectivity index is 2.66. The number of benzene rings is 1. The molecule has 0 bridgehead atoms. The minimum atomic E-state index is -1.12. The van der Waals surface area contributed by atoms with Gasteiger partial charge in [0.05, 0.1) is 0 Å². The highest BCUT2D eigenvalue weighted by molar-refractivity contribution is 6.42. The fourth-order valence-electron chi connectivity index (χ4n) is 1.03. The van der Waals surface area contributed by atoms with Crippen molar-refractivity contribution in [3.63, 3.8) is 0 Å². The van der Waals surface area contributed by atoms with Gasteiger partial charge in [-0.1, -0.05) is 17.7 Å². The van der Waals surface area contributed by atoms with Crippen LogP contribution in [0, 0.1) is 6.92 Å². The van der Waals surface area contributed by atoms with Gasteiger partial charge in [0.15, 0.2) is 11.2 Å². The summed E-state index contributed by atoms with van der Waals surface area (Å²) < 4.78 is 0. The lowest BCUT2D eigenvalue weighted by Crippen LogP contribution is -2.28. The van der Waals surface area contributed by atoms with Crippen LogP contribution in [-0.2, 0) is 9.59 Å². The third-order valence-corrected chi connectivity index (χ3v) is 2.41. The summed E-state index contributed by atoms with van der Waals surface area (Å²) in [5.74, 6) is -0.853. The highest BCUT2D eigenvalue weighted by atomic mass is 35.5. The van der Waals surface area contributed by atoms with Gasteiger partial charge >= 0.3 is 0 Å². The van der Waals surface area contributed by atoms with Crippen molar-refractivity contribution in [2.75, 3.05) is 5.32 Å². The summed E-state index contributed by atoms with van der Waals surface area (Å²) in [6, 6.07) is 7.26. The van der Waals surface area contributed by atoms with E-state index in [1.807, 2.05) is 19.1 Å². The number of Topliss-reactive ketones (excluding diaryl/α,β-unsaturated/α-hetero) is 1. The second-order valence-electron chi connectivity index (χ2n) is 3.33. The average Bonchev–Trinajstić information content (AvgIpc) is 2.20. The van der Waals surface area contributed by atoms with Gasteiger partial charge in [-0.25, -0.2) is 0 Å². The molecule has 0 spiro atoms. The SMILES string of the molecule is CC(=O)C(Cl)C(=O)Nc1ccc(C)cc1. The van der Waals surface area contributed by atoms with Gasteiger partial charge in [0, 0.05) is 5.69 Å². The van der Waals surface area contributed by atoms with Gasteiger partial charge in [-0.3, -0.25) is 9.59 Å². The fraction of sp³-hybridized carbons (Fsp3) is 0.273. The maximum Gasteiger partial charge on any atom is 0.250 e. The van der Waals surface area contributed by atoms with E-state index in [-0.39, 0.29) is 5.78 Å². The predicted octanol–water partition coefficient (Wildman–Crippen LogP) is 2.13. The Morgan fingerprint density at radius 3 is 2.27 bits per heavy atom. The molecule has 1 unspecified atom stereocenters. The maximum atomic E-state index is 11.4. The number of nitrogens with one attached hydrogen (secondary N) is 1. The van der Waals surface area contributed by atoms with Crippen molar-refractivity contribution in [3.05, 3.63) is 29.8 Å². The molecule has 1 atom stereocenters. The van der Waals surface area contributed by atoms with Gasteiger partial charge in [0.25, 0.3) is 0 Å². The first kappa shape index (κ1) is 11.7. The minimum absolute atomic E-state index is 0.360. The Labute approximate surface area is 93.4 Å². The van der Waals surface area contributed by atoms with Crippen molar-refractivity contribution in [3.8, 4) is 0 Å². The minimum Gasteiger partial charge on any atom is -0.324 e. The van der Waals surface area contributed by atoms with Crippen molar-refractivity contribution in [1.82, 2.24) is 0 Å². The van der Waals surface area contributed by atoms with Crippen LogP contribution in [0.25, 0.3) is 0 Å². The van der Waals surface area contributed by atoms with Gasteiger partial charge < -0.3 is 5.32 Å². The molecule has 1 aromatic rings. The van der Waals surface area contributed by atoms with E-state index < -0.39 is 11.3 Å². The second kappa shape index (κ2) is 4.94. The van der Waals surface area contributed by atoms with E-state index in [4.69, 9.17) is 11.6 Å². The summed E-state index contributed by atoms with van der Waals surface area (Å²) in [6.07, 6.45) is 0. The zero-order valence-corrected chi connectivity index (χ0v) is 9.34. The van der Waals surface area contributed by atoms with E-state index >= 15 is 0 Å². The van der Waals surface area contributed by atoms with E-state index in [1.54, 1.807) is 12.1 Å². The molecule has 4 heteroatoms. The summed E-state index contributed by atoms with van der Waals surface area (Å²) >= 11 is 5.59. The third kappa shape index (κ3) is 3.36.